The van der Waals surface area contributed by atoms with Crippen molar-refractivity contribution >= 4 is 6.01 Å². The highest BCUT2D eigenvalue weighted by Gasteiger charge is 2.21. The normalized spacial score (nSPS) is 22.8. The first-order valence-corrected chi connectivity index (χ1v) is 6.64. The van der Waals surface area contributed by atoms with Gasteiger partial charge in [0.2, 0.25) is 5.89 Å². The largest absolute Gasteiger partial charge is 0.406 e. The van der Waals surface area contributed by atoms with Crippen LogP contribution in [-0.4, -0.2) is 42.5 Å². The molecule has 18 heavy (non-hydrogen) atoms. The van der Waals surface area contributed by atoms with E-state index < -0.39 is 0 Å². The van der Waals surface area contributed by atoms with Crippen LogP contribution in [0, 0.1) is 0 Å². The van der Waals surface area contributed by atoms with Crippen molar-refractivity contribution in [1.82, 2.24) is 15.5 Å². The maximum absolute atomic E-state index is 5.73. The molecule has 1 aromatic heterocycles. The third kappa shape index (κ3) is 3.20. The lowest BCUT2D eigenvalue weighted by Gasteiger charge is -2.19. The van der Waals surface area contributed by atoms with Crippen molar-refractivity contribution in [2.45, 2.75) is 39.3 Å². The fraction of sp³-hybridized carbons (Fsp3) is 0.833. The van der Waals surface area contributed by atoms with Gasteiger partial charge in [-0.1, -0.05) is 12.0 Å². The Bertz CT molecular complexity index is 369. The standard InChI is InChI=1S/C12H22N4O2/c1-4-13-10(3)11-14-15-12(18-11)16-6-5-7-17-9(2)8-16/h9-10,13H,4-8H2,1-3H3. The van der Waals surface area contributed by atoms with Gasteiger partial charge in [-0.05, 0) is 26.8 Å². The van der Waals surface area contributed by atoms with Gasteiger partial charge < -0.3 is 19.4 Å². The summed E-state index contributed by atoms with van der Waals surface area (Å²) in [6, 6.07) is 0.698. The lowest BCUT2D eigenvalue weighted by Crippen LogP contribution is -2.30. The van der Waals surface area contributed by atoms with E-state index in [1.165, 1.54) is 0 Å². The minimum absolute atomic E-state index is 0.0944. The summed E-state index contributed by atoms with van der Waals surface area (Å²) < 4.78 is 11.3. The van der Waals surface area contributed by atoms with E-state index in [1.807, 2.05) is 6.92 Å². The van der Waals surface area contributed by atoms with Gasteiger partial charge in [0.05, 0.1) is 12.1 Å². The summed E-state index contributed by atoms with van der Waals surface area (Å²) in [5.41, 5.74) is 0. The SMILES string of the molecule is CCNC(C)c1nnc(N2CCCOC(C)C2)o1. The summed E-state index contributed by atoms with van der Waals surface area (Å²) in [5.74, 6) is 0.643. The molecule has 0 saturated carbocycles. The Morgan fingerprint density at radius 2 is 2.33 bits per heavy atom. The van der Waals surface area contributed by atoms with Gasteiger partial charge in [0.1, 0.15) is 0 Å². The Hall–Kier alpha value is -1.14. The third-order valence-electron chi connectivity index (χ3n) is 3.03. The van der Waals surface area contributed by atoms with E-state index in [-0.39, 0.29) is 12.1 Å². The van der Waals surface area contributed by atoms with Crippen molar-refractivity contribution in [3.63, 3.8) is 0 Å². The number of hydrogen-bond acceptors (Lipinski definition) is 6. The fourth-order valence-corrected chi connectivity index (χ4v) is 2.09. The molecule has 2 rings (SSSR count). The van der Waals surface area contributed by atoms with Crippen molar-refractivity contribution in [2.75, 3.05) is 31.1 Å². The van der Waals surface area contributed by atoms with E-state index in [0.717, 1.165) is 32.7 Å². The molecule has 1 N–H and O–H groups in total. The van der Waals surface area contributed by atoms with Crippen LogP contribution < -0.4 is 10.2 Å². The van der Waals surface area contributed by atoms with Crippen LogP contribution in [0.2, 0.25) is 0 Å². The molecule has 0 aromatic carbocycles. The van der Waals surface area contributed by atoms with E-state index in [0.29, 0.717) is 11.9 Å². The quantitative estimate of drug-likeness (QED) is 0.875. The molecule has 2 unspecified atom stereocenters. The molecule has 102 valence electrons. The summed E-state index contributed by atoms with van der Waals surface area (Å²) >= 11 is 0. The number of aromatic nitrogens is 2. The highest BCUT2D eigenvalue weighted by atomic mass is 16.5. The van der Waals surface area contributed by atoms with Crippen LogP contribution in [-0.2, 0) is 4.74 Å². The van der Waals surface area contributed by atoms with Gasteiger partial charge in [-0.15, -0.1) is 5.10 Å². The Balaban J connectivity index is 2.04. The molecule has 0 aliphatic carbocycles. The summed E-state index contributed by atoms with van der Waals surface area (Å²) in [6.45, 7) is 9.53. The number of anilines is 1. The van der Waals surface area contributed by atoms with Gasteiger partial charge in [-0.2, -0.15) is 0 Å². The molecule has 1 saturated heterocycles. The Morgan fingerprint density at radius 1 is 1.50 bits per heavy atom. The molecule has 1 aromatic rings. The first-order chi connectivity index (χ1) is 8.70. The molecule has 0 radical (unpaired) electrons. The van der Waals surface area contributed by atoms with Gasteiger partial charge in [-0.25, -0.2) is 0 Å². The molecular formula is C12H22N4O2. The second-order valence-electron chi connectivity index (χ2n) is 4.68. The zero-order valence-electron chi connectivity index (χ0n) is 11.3. The Labute approximate surface area is 108 Å². The molecule has 0 amide bonds. The van der Waals surface area contributed by atoms with Crippen LogP contribution in [0.15, 0.2) is 4.42 Å². The van der Waals surface area contributed by atoms with E-state index in [4.69, 9.17) is 9.15 Å². The number of nitrogens with zero attached hydrogens (tertiary/aromatic N) is 3. The average molecular weight is 254 g/mol. The molecule has 2 atom stereocenters. The fourth-order valence-electron chi connectivity index (χ4n) is 2.09. The second-order valence-corrected chi connectivity index (χ2v) is 4.68. The molecule has 1 aliphatic rings. The van der Waals surface area contributed by atoms with E-state index in [9.17, 15) is 0 Å². The average Bonchev–Trinajstić information content (AvgIpc) is 2.74. The molecular weight excluding hydrogens is 232 g/mol. The summed E-state index contributed by atoms with van der Waals surface area (Å²) in [6.07, 6.45) is 1.19. The summed E-state index contributed by atoms with van der Waals surface area (Å²) in [4.78, 5) is 2.10. The molecule has 6 heteroatoms. The van der Waals surface area contributed by atoms with Crippen molar-refractivity contribution in [3.05, 3.63) is 5.89 Å². The van der Waals surface area contributed by atoms with Crippen molar-refractivity contribution in [2.24, 2.45) is 0 Å². The van der Waals surface area contributed by atoms with Crippen molar-refractivity contribution < 1.29 is 9.15 Å². The Kier molecular flexibility index (Phi) is 4.54. The maximum Gasteiger partial charge on any atom is 0.318 e. The summed E-state index contributed by atoms with van der Waals surface area (Å²) in [7, 11) is 0. The molecule has 1 aliphatic heterocycles. The molecule has 6 nitrogen and oxygen atoms in total. The first kappa shape index (κ1) is 13.3. The third-order valence-corrected chi connectivity index (χ3v) is 3.03. The van der Waals surface area contributed by atoms with Gasteiger partial charge in [0.25, 0.3) is 0 Å². The lowest BCUT2D eigenvalue weighted by atomic mass is 10.3. The molecule has 0 bridgehead atoms. The van der Waals surface area contributed by atoms with E-state index >= 15 is 0 Å². The van der Waals surface area contributed by atoms with Crippen LogP contribution in [0.3, 0.4) is 0 Å². The second kappa shape index (κ2) is 6.15. The van der Waals surface area contributed by atoms with Gasteiger partial charge >= 0.3 is 6.01 Å². The van der Waals surface area contributed by atoms with Crippen molar-refractivity contribution in [1.29, 1.82) is 0 Å². The molecule has 2 heterocycles. The molecule has 0 spiro atoms. The van der Waals surface area contributed by atoms with Crippen molar-refractivity contribution in [3.8, 4) is 0 Å². The maximum atomic E-state index is 5.73. The minimum atomic E-state index is 0.0944. The Morgan fingerprint density at radius 3 is 3.11 bits per heavy atom. The number of nitrogens with one attached hydrogen (secondary N) is 1. The zero-order chi connectivity index (χ0) is 13.0. The molecule has 1 fully saturated rings. The minimum Gasteiger partial charge on any atom is -0.406 e. The predicted molar refractivity (Wildman–Crippen MR) is 68.6 cm³/mol. The highest BCUT2D eigenvalue weighted by Crippen LogP contribution is 2.19. The topological polar surface area (TPSA) is 63.4 Å². The van der Waals surface area contributed by atoms with E-state index in [2.05, 4.69) is 34.3 Å². The number of rotatable bonds is 4. The number of hydrogen-bond donors (Lipinski definition) is 1. The summed E-state index contributed by atoms with van der Waals surface area (Å²) in [5, 5.41) is 11.5. The van der Waals surface area contributed by atoms with Gasteiger partial charge in [0.15, 0.2) is 0 Å². The first-order valence-electron chi connectivity index (χ1n) is 6.64. The van der Waals surface area contributed by atoms with Crippen LogP contribution in [0.1, 0.15) is 39.1 Å². The van der Waals surface area contributed by atoms with Gasteiger partial charge in [-0.3, -0.25) is 0 Å². The number of ether oxygens (including phenoxy) is 1. The van der Waals surface area contributed by atoms with Crippen LogP contribution in [0.5, 0.6) is 0 Å². The highest BCUT2D eigenvalue weighted by molar-refractivity contribution is 5.24. The van der Waals surface area contributed by atoms with Crippen LogP contribution in [0.25, 0.3) is 0 Å². The smallest absolute Gasteiger partial charge is 0.318 e. The van der Waals surface area contributed by atoms with Crippen LogP contribution >= 0.6 is 0 Å². The monoisotopic (exact) mass is 254 g/mol. The van der Waals surface area contributed by atoms with Gasteiger partial charge in [0, 0.05) is 19.7 Å². The predicted octanol–water partition coefficient (Wildman–Crippen LogP) is 1.36. The van der Waals surface area contributed by atoms with E-state index in [1.54, 1.807) is 0 Å². The lowest BCUT2D eigenvalue weighted by molar-refractivity contribution is 0.0818. The zero-order valence-corrected chi connectivity index (χ0v) is 11.3. The van der Waals surface area contributed by atoms with Crippen LogP contribution in [0.4, 0.5) is 6.01 Å².